The van der Waals surface area contributed by atoms with Gasteiger partial charge in [0, 0.05) is 23.1 Å². The van der Waals surface area contributed by atoms with Crippen molar-refractivity contribution >= 4 is 11.8 Å². The van der Waals surface area contributed by atoms with E-state index in [0.717, 1.165) is 19.4 Å². The number of hydrogen-bond donors (Lipinski definition) is 1. The molecule has 2 aliphatic carbocycles. The van der Waals surface area contributed by atoms with Crippen LogP contribution >= 0.6 is 11.8 Å². The van der Waals surface area contributed by atoms with Crippen LogP contribution in [0.4, 0.5) is 0 Å². The molecule has 0 amide bonds. The summed E-state index contributed by atoms with van der Waals surface area (Å²) in [4.78, 5) is 0. The van der Waals surface area contributed by atoms with Crippen LogP contribution in [0.3, 0.4) is 0 Å². The van der Waals surface area contributed by atoms with Gasteiger partial charge < -0.3 is 4.74 Å². The van der Waals surface area contributed by atoms with Gasteiger partial charge in [0.1, 0.15) is 5.54 Å². The second kappa shape index (κ2) is 5.63. The van der Waals surface area contributed by atoms with Crippen LogP contribution in [0.5, 0.6) is 0 Å². The van der Waals surface area contributed by atoms with Crippen molar-refractivity contribution in [3.63, 3.8) is 0 Å². The molecule has 0 aromatic carbocycles. The van der Waals surface area contributed by atoms with Gasteiger partial charge in [-0.1, -0.05) is 0 Å². The summed E-state index contributed by atoms with van der Waals surface area (Å²) in [5.41, 5.74) is -0.236. The molecule has 1 N–H and O–H groups in total. The Hall–Kier alpha value is -0.240. The number of nitrogens with zero attached hydrogens (tertiary/aromatic N) is 1. The normalized spacial score (nSPS) is 43.1. The summed E-state index contributed by atoms with van der Waals surface area (Å²) in [5.74, 6) is 0. The molecule has 0 aromatic heterocycles. The van der Waals surface area contributed by atoms with Gasteiger partial charge in [0.25, 0.3) is 0 Å². The fourth-order valence-corrected chi connectivity index (χ4v) is 5.07. The third kappa shape index (κ3) is 3.26. The van der Waals surface area contributed by atoms with E-state index in [4.69, 9.17) is 4.74 Å². The fourth-order valence-electron chi connectivity index (χ4n) is 3.36. The van der Waals surface area contributed by atoms with Crippen LogP contribution < -0.4 is 5.32 Å². The fraction of sp³-hybridized carbons (Fsp3) is 0.933. The Labute approximate surface area is 120 Å². The van der Waals surface area contributed by atoms with Crippen LogP contribution in [0.15, 0.2) is 0 Å². The molecule has 0 radical (unpaired) electrons. The summed E-state index contributed by atoms with van der Waals surface area (Å²) >= 11 is 2.09. The van der Waals surface area contributed by atoms with Crippen molar-refractivity contribution in [2.45, 2.75) is 80.1 Å². The first kappa shape index (κ1) is 13.7. The Bertz CT molecular complexity index is 366. The van der Waals surface area contributed by atoms with Crippen LogP contribution in [-0.2, 0) is 4.74 Å². The lowest BCUT2D eigenvalue weighted by atomic mass is 9.82. The number of nitrogens with one attached hydrogen (secondary N) is 1. The smallest absolute Gasteiger partial charge is 0.108 e. The highest BCUT2D eigenvalue weighted by Crippen LogP contribution is 2.41. The third-order valence-electron chi connectivity index (χ3n) is 4.65. The number of rotatable bonds is 4. The van der Waals surface area contributed by atoms with Gasteiger partial charge >= 0.3 is 0 Å². The van der Waals surface area contributed by atoms with Crippen LogP contribution in [0.1, 0.15) is 51.9 Å². The Kier molecular flexibility index (Phi) is 4.07. The van der Waals surface area contributed by atoms with E-state index >= 15 is 0 Å². The maximum Gasteiger partial charge on any atom is 0.108 e. The van der Waals surface area contributed by atoms with Crippen LogP contribution in [0.25, 0.3) is 0 Å². The first-order chi connectivity index (χ1) is 9.21. The molecule has 0 aromatic rings. The quantitative estimate of drug-likeness (QED) is 0.860. The first-order valence-electron chi connectivity index (χ1n) is 7.67. The highest BCUT2D eigenvalue weighted by atomic mass is 32.2. The van der Waals surface area contributed by atoms with Gasteiger partial charge in [-0.15, -0.1) is 0 Å². The third-order valence-corrected chi connectivity index (χ3v) is 6.41. The number of hydrogen-bond acceptors (Lipinski definition) is 4. The van der Waals surface area contributed by atoms with Gasteiger partial charge in [-0.25, -0.2) is 0 Å². The summed E-state index contributed by atoms with van der Waals surface area (Å²) in [5, 5.41) is 14.5. The van der Waals surface area contributed by atoms with E-state index in [-0.39, 0.29) is 5.54 Å². The van der Waals surface area contributed by atoms with Gasteiger partial charge in [0.05, 0.1) is 12.2 Å². The van der Waals surface area contributed by atoms with E-state index in [9.17, 15) is 5.26 Å². The lowest BCUT2D eigenvalue weighted by Gasteiger charge is -2.37. The molecule has 1 saturated heterocycles. The van der Waals surface area contributed by atoms with E-state index in [2.05, 4.69) is 30.1 Å². The second-order valence-electron chi connectivity index (χ2n) is 6.37. The molecule has 0 bridgehead atoms. The minimum Gasteiger partial charge on any atom is -0.377 e. The van der Waals surface area contributed by atoms with Gasteiger partial charge in [-0.2, -0.15) is 17.0 Å². The molecule has 0 spiro atoms. The number of thioether (sulfide) groups is 1. The molecule has 106 valence electrons. The van der Waals surface area contributed by atoms with E-state index in [1.165, 1.54) is 32.1 Å². The first-order valence-corrected chi connectivity index (χ1v) is 8.61. The average molecular weight is 280 g/mol. The summed E-state index contributed by atoms with van der Waals surface area (Å²) in [7, 11) is 0. The van der Waals surface area contributed by atoms with E-state index in [1.807, 2.05) is 0 Å². The predicted octanol–water partition coefficient (Wildman–Crippen LogP) is 2.85. The SMILES string of the molecule is CC1OCCC1SC1CCCC(C#N)(NC2CC2)C1. The van der Waals surface area contributed by atoms with Crippen molar-refractivity contribution < 1.29 is 4.74 Å². The topological polar surface area (TPSA) is 45.0 Å². The molecule has 3 aliphatic rings. The van der Waals surface area contributed by atoms with E-state index in [0.29, 0.717) is 22.6 Å². The highest BCUT2D eigenvalue weighted by molar-refractivity contribution is 8.00. The van der Waals surface area contributed by atoms with Crippen molar-refractivity contribution in [1.82, 2.24) is 5.32 Å². The Morgan fingerprint density at radius 1 is 1.32 bits per heavy atom. The highest BCUT2D eigenvalue weighted by Gasteiger charge is 2.41. The largest absolute Gasteiger partial charge is 0.377 e. The Morgan fingerprint density at radius 3 is 2.79 bits per heavy atom. The van der Waals surface area contributed by atoms with Crippen LogP contribution in [-0.4, -0.2) is 34.8 Å². The standard InChI is InChI=1S/C15H24N2OS/c1-11-14(6-8-18-11)19-13-3-2-7-15(9-13,10-16)17-12-4-5-12/h11-14,17H,2-9H2,1H3. The lowest BCUT2D eigenvalue weighted by molar-refractivity contribution is 0.127. The molecule has 3 fully saturated rings. The Balaban J connectivity index is 1.58. The summed E-state index contributed by atoms with van der Waals surface area (Å²) in [6.45, 7) is 3.10. The molecule has 4 atom stereocenters. The molecular weight excluding hydrogens is 256 g/mol. The van der Waals surface area contributed by atoms with Crippen LogP contribution in [0, 0.1) is 11.3 Å². The zero-order chi connectivity index (χ0) is 13.3. The monoisotopic (exact) mass is 280 g/mol. The summed E-state index contributed by atoms with van der Waals surface area (Å²) in [6, 6.07) is 3.22. The Morgan fingerprint density at radius 2 is 2.16 bits per heavy atom. The molecule has 19 heavy (non-hydrogen) atoms. The maximum absolute atomic E-state index is 9.60. The molecule has 2 saturated carbocycles. The van der Waals surface area contributed by atoms with Crippen molar-refractivity contribution in [2.75, 3.05) is 6.61 Å². The van der Waals surface area contributed by atoms with Crippen LogP contribution in [0.2, 0.25) is 0 Å². The van der Waals surface area contributed by atoms with Crippen molar-refractivity contribution in [1.29, 1.82) is 5.26 Å². The lowest BCUT2D eigenvalue weighted by Crippen LogP contribution is -2.49. The molecular formula is C15H24N2OS. The molecule has 1 aliphatic heterocycles. The van der Waals surface area contributed by atoms with Gasteiger partial charge in [0.2, 0.25) is 0 Å². The second-order valence-corrected chi connectivity index (χ2v) is 7.91. The minimum atomic E-state index is -0.236. The number of ether oxygens (including phenoxy) is 1. The molecule has 4 heteroatoms. The van der Waals surface area contributed by atoms with E-state index < -0.39 is 0 Å². The van der Waals surface area contributed by atoms with E-state index in [1.54, 1.807) is 0 Å². The van der Waals surface area contributed by atoms with Gasteiger partial charge in [0.15, 0.2) is 0 Å². The summed E-state index contributed by atoms with van der Waals surface area (Å²) in [6.07, 6.45) is 8.60. The molecule has 3 nitrogen and oxygen atoms in total. The average Bonchev–Trinajstić information content (AvgIpc) is 3.13. The zero-order valence-electron chi connectivity index (χ0n) is 11.7. The van der Waals surface area contributed by atoms with Gasteiger partial charge in [-0.3, -0.25) is 5.32 Å². The zero-order valence-corrected chi connectivity index (χ0v) is 12.5. The predicted molar refractivity (Wildman–Crippen MR) is 78.2 cm³/mol. The molecule has 4 unspecified atom stereocenters. The minimum absolute atomic E-state index is 0.236. The summed E-state index contributed by atoms with van der Waals surface area (Å²) < 4.78 is 5.66. The van der Waals surface area contributed by atoms with Crippen molar-refractivity contribution in [2.24, 2.45) is 0 Å². The van der Waals surface area contributed by atoms with Crippen molar-refractivity contribution in [3.05, 3.63) is 0 Å². The number of nitriles is 1. The molecule has 3 rings (SSSR count). The molecule has 1 heterocycles. The van der Waals surface area contributed by atoms with Gasteiger partial charge in [-0.05, 0) is 51.9 Å². The maximum atomic E-state index is 9.60. The van der Waals surface area contributed by atoms with Crippen molar-refractivity contribution in [3.8, 4) is 6.07 Å².